The highest BCUT2D eigenvalue weighted by Crippen LogP contribution is 2.38. The van der Waals surface area contributed by atoms with E-state index < -0.39 is 0 Å². The van der Waals surface area contributed by atoms with Gasteiger partial charge >= 0.3 is 0 Å². The predicted molar refractivity (Wildman–Crippen MR) is 230 cm³/mol. The third-order valence-electron chi connectivity index (χ3n) is 9.65. The van der Waals surface area contributed by atoms with Crippen LogP contribution in [0, 0.1) is 0 Å². The number of hydrogen-bond acceptors (Lipinski definition) is 6. The topological polar surface area (TPSA) is 31.4 Å². The van der Waals surface area contributed by atoms with Crippen molar-refractivity contribution in [3.63, 3.8) is 0 Å². The summed E-state index contributed by atoms with van der Waals surface area (Å²) in [7, 11) is 13.5. The van der Waals surface area contributed by atoms with Gasteiger partial charge < -0.3 is 86.0 Å². The molecule has 2 aromatic carbocycles. The molecule has 2 aromatic rings. The third kappa shape index (κ3) is 13.1. The van der Waals surface area contributed by atoms with Gasteiger partial charge in [0.1, 0.15) is 0 Å². The fourth-order valence-electron chi connectivity index (χ4n) is 6.56. The van der Waals surface area contributed by atoms with Gasteiger partial charge in [0.25, 0.3) is 0 Å². The first kappa shape index (κ1) is 47.2. The van der Waals surface area contributed by atoms with Gasteiger partial charge in [0, 0.05) is 82.4 Å². The average molecular weight is 1170 g/mol. The van der Waals surface area contributed by atoms with Crippen molar-refractivity contribution in [2.45, 2.75) is 19.3 Å². The number of para-hydroxylation sites is 4. The molecule has 0 atom stereocenters. The standard InChI is InChI=1S/C41H52N6O2.4HI/c1-42-36-14-7-9-16-38(36)48-40(42)32-34-18-24-44(25-19-34)22-11-28-46(3,4)30-13-31-47(5,6)29-12-23-45-26-20-35(21-27-45)33-41-43(2)37-15-8-10-17-39(37)49-41;;;;/h7-10,14-21,24-27H,11-13,22-23,28-31H2,1-6H3;4*1H/q+2;;;;/p-2. The molecule has 0 amide bonds. The van der Waals surface area contributed by atoms with E-state index in [0.29, 0.717) is 0 Å². The van der Waals surface area contributed by atoms with Gasteiger partial charge in [-0.2, -0.15) is 0 Å². The second kappa shape index (κ2) is 21.4. The highest BCUT2D eigenvalue weighted by Gasteiger charge is 2.24. The summed E-state index contributed by atoms with van der Waals surface area (Å²) in [6, 6.07) is 16.2. The molecule has 6 rings (SSSR count). The van der Waals surface area contributed by atoms with E-state index in [1.165, 1.54) is 19.5 Å². The average Bonchev–Trinajstić information content (AvgIpc) is 3.57. The molecule has 8 nitrogen and oxygen atoms in total. The Morgan fingerprint density at radius 3 is 1.23 bits per heavy atom. The number of benzene rings is 2. The van der Waals surface area contributed by atoms with E-state index in [1.807, 2.05) is 60.3 Å². The Hall–Kier alpha value is -1.92. The van der Waals surface area contributed by atoms with Crippen LogP contribution in [0.15, 0.2) is 132 Å². The van der Waals surface area contributed by atoms with Gasteiger partial charge in [-0.1, -0.05) is 24.3 Å². The van der Waals surface area contributed by atoms with Gasteiger partial charge in [-0.3, -0.25) is 0 Å². The van der Waals surface area contributed by atoms with E-state index in [-0.39, 0.29) is 95.9 Å². The Morgan fingerprint density at radius 1 is 0.528 bits per heavy atom. The van der Waals surface area contributed by atoms with Gasteiger partial charge in [-0.15, -0.1) is 48.0 Å². The molecule has 0 unspecified atom stereocenters. The van der Waals surface area contributed by atoms with Gasteiger partial charge in [0.2, 0.25) is 11.8 Å². The van der Waals surface area contributed by atoms with Crippen LogP contribution in [0.3, 0.4) is 0 Å². The first-order valence-electron chi connectivity index (χ1n) is 17.5. The Labute approximate surface area is 385 Å². The van der Waals surface area contributed by atoms with Crippen LogP contribution in [0.2, 0.25) is 0 Å². The van der Waals surface area contributed by atoms with E-state index >= 15 is 0 Å². The van der Waals surface area contributed by atoms with Crippen molar-refractivity contribution in [1.82, 2.24) is 9.80 Å². The molecule has 0 aromatic heterocycles. The lowest BCUT2D eigenvalue weighted by Gasteiger charge is -2.34. The molecule has 0 bridgehead atoms. The summed E-state index contributed by atoms with van der Waals surface area (Å²) >= 11 is 0. The first-order valence-corrected chi connectivity index (χ1v) is 17.5. The zero-order valence-corrected chi connectivity index (χ0v) is 40.6. The van der Waals surface area contributed by atoms with Crippen molar-refractivity contribution in [3.05, 3.63) is 132 Å². The number of allylic oxidation sites excluding steroid dienone is 6. The van der Waals surface area contributed by atoms with Crippen LogP contribution in [0.4, 0.5) is 11.4 Å². The van der Waals surface area contributed by atoms with Gasteiger partial charge in [0.05, 0.1) is 65.7 Å². The monoisotopic (exact) mass is 1170 g/mol. The number of ether oxygens (including phenoxy) is 2. The van der Waals surface area contributed by atoms with Gasteiger partial charge in [0.15, 0.2) is 11.5 Å². The van der Waals surface area contributed by atoms with Crippen molar-refractivity contribution in [1.29, 1.82) is 0 Å². The molecule has 53 heavy (non-hydrogen) atoms. The normalized spacial score (nSPS) is 15.4. The first-order chi connectivity index (χ1) is 23.6. The second-order valence-corrected chi connectivity index (χ2v) is 14.6. The van der Waals surface area contributed by atoms with E-state index in [2.05, 4.69) is 111 Å². The molecule has 0 N–H and O–H groups in total. The molecule has 288 valence electrons. The predicted octanol–water partition coefficient (Wildman–Crippen LogP) is 2.03. The molecular weight excluding hydrogens is 1120 g/mol. The van der Waals surface area contributed by atoms with Gasteiger partial charge in [-0.25, -0.2) is 0 Å². The molecule has 0 saturated carbocycles. The second-order valence-electron chi connectivity index (χ2n) is 14.6. The van der Waals surface area contributed by atoms with Crippen molar-refractivity contribution < 1.29 is 66.4 Å². The van der Waals surface area contributed by atoms with Crippen LogP contribution in [-0.4, -0.2) is 100 Å². The van der Waals surface area contributed by atoms with Crippen molar-refractivity contribution in [2.75, 3.05) is 91.4 Å². The van der Waals surface area contributed by atoms with E-state index in [1.54, 1.807) is 0 Å². The van der Waals surface area contributed by atoms with E-state index in [4.69, 9.17) is 9.47 Å². The fourth-order valence-corrected chi connectivity index (χ4v) is 6.56. The Morgan fingerprint density at radius 2 is 0.868 bits per heavy atom. The lowest BCUT2D eigenvalue weighted by atomic mass is 10.2. The number of hydrogen-bond donors (Lipinski definition) is 0. The Balaban J connectivity index is 0.00000243. The number of halogens is 4. The summed E-state index contributed by atoms with van der Waals surface area (Å²) in [4.78, 5) is 8.62. The molecule has 12 heteroatoms. The molecular formula is C41H54I4N6O2. The van der Waals surface area contributed by atoms with Crippen LogP contribution in [0.1, 0.15) is 19.3 Å². The summed E-state index contributed by atoms with van der Waals surface area (Å²) in [5.74, 6) is 3.21. The zero-order valence-electron chi connectivity index (χ0n) is 31.7. The zero-order chi connectivity index (χ0) is 34.4. The molecule has 0 aliphatic carbocycles. The SMILES string of the molecule is CN1C(=C=C2C=CN(CCC[N+](C)(C)CCC[N+](C)(C)CCCN3C=CC(=C=C4Oc5ccccc5N4C)C=C3)C=C2)Oc2ccccc21.I.I.[I-].[I-]. The van der Waals surface area contributed by atoms with Crippen molar-refractivity contribution >= 4 is 59.3 Å². The summed E-state index contributed by atoms with van der Waals surface area (Å²) in [5.41, 5.74) is 11.0. The number of fused-ring (bicyclic) bond motifs is 2. The molecule has 0 fully saturated rings. The minimum Gasteiger partial charge on any atom is -1.00 e. The smallest absolute Gasteiger partial charge is 0.246 e. The Kier molecular flexibility index (Phi) is 19.1. The summed E-state index contributed by atoms with van der Waals surface area (Å²) in [5, 5.41) is 0. The van der Waals surface area contributed by atoms with Crippen LogP contribution >= 0.6 is 48.0 Å². The lowest BCUT2D eigenvalue weighted by molar-refractivity contribution is -0.909. The molecule has 4 aliphatic rings. The fraction of sp³-hybridized carbons (Fsp3) is 0.366. The van der Waals surface area contributed by atoms with E-state index in [9.17, 15) is 0 Å². The van der Waals surface area contributed by atoms with Crippen LogP contribution in [0.25, 0.3) is 0 Å². The van der Waals surface area contributed by atoms with E-state index in [0.717, 1.165) is 93.8 Å². The maximum atomic E-state index is 5.99. The quantitative estimate of drug-likeness (QED) is 0.184. The minimum absolute atomic E-state index is 0. The molecule has 0 radical (unpaired) electrons. The van der Waals surface area contributed by atoms with Crippen LogP contribution in [-0.2, 0) is 0 Å². The maximum absolute atomic E-state index is 5.99. The van der Waals surface area contributed by atoms with Crippen molar-refractivity contribution in [2.24, 2.45) is 0 Å². The number of rotatable bonds is 12. The van der Waals surface area contributed by atoms with Crippen LogP contribution in [0.5, 0.6) is 11.5 Å². The summed E-state index contributed by atoms with van der Waals surface area (Å²) in [6.07, 6.45) is 20.6. The maximum Gasteiger partial charge on any atom is 0.246 e. The number of quaternary nitrogens is 2. The van der Waals surface area contributed by atoms with Crippen LogP contribution < -0.4 is 67.2 Å². The number of anilines is 2. The third-order valence-corrected chi connectivity index (χ3v) is 9.65. The molecule has 4 heterocycles. The molecule has 0 spiro atoms. The lowest BCUT2D eigenvalue weighted by Crippen LogP contribution is -3.00. The minimum atomic E-state index is 0. The molecule has 0 saturated heterocycles. The highest BCUT2D eigenvalue weighted by atomic mass is 127. The van der Waals surface area contributed by atoms with Crippen molar-refractivity contribution in [3.8, 4) is 11.5 Å². The Bertz CT molecular complexity index is 1640. The number of nitrogens with zero attached hydrogens (tertiary/aromatic N) is 6. The summed E-state index contributed by atoms with van der Waals surface area (Å²) < 4.78 is 14.1. The molecule has 4 aliphatic heterocycles. The largest absolute Gasteiger partial charge is 1.00 e. The summed E-state index contributed by atoms with van der Waals surface area (Å²) in [6.45, 7) is 6.72. The van der Waals surface area contributed by atoms with Gasteiger partial charge in [-0.05, 0) is 60.0 Å². The highest BCUT2D eigenvalue weighted by molar-refractivity contribution is 14.0.